The fourth-order valence-corrected chi connectivity index (χ4v) is 3.16. The smallest absolute Gasteiger partial charge is 0.308 e. The highest BCUT2D eigenvalue weighted by Gasteiger charge is 2.44. The van der Waals surface area contributed by atoms with Crippen LogP contribution in [0, 0.1) is 0 Å². The maximum atomic E-state index is 12.1. The maximum absolute atomic E-state index is 12.1. The molecule has 0 aliphatic carbocycles. The van der Waals surface area contributed by atoms with E-state index in [9.17, 15) is 4.79 Å². The molecule has 0 N–H and O–H groups in total. The fourth-order valence-electron chi connectivity index (χ4n) is 3.03. The van der Waals surface area contributed by atoms with Crippen molar-refractivity contribution in [3.05, 3.63) is 70.2 Å². The molecule has 0 aromatic heterocycles. The summed E-state index contributed by atoms with van der Waals surface area (Å²) < 4.78 is 10.6. The largest absolute Gasteiger partial charge is 0.478 e. The lowest BCUT2D eigenvalue weighted by molar-refractivity contribution is -0.141. The van der Waals surface area contributed by atoms with E-state index >= 15 is 0 Å². The Morgan fingerprint density at radius 3 is 2.54 bits per heavy atom. The lowest BCUT2D eigenvalue weighted by Gasteiger charge is -2.27. The Hall–Kier alpha value is -2.33. The minimum atomic E-state index is -0.862. The van der Waals surface area contributed by atoms with Gasteiger partial charge in [-0.25, -0.2) is 4.99 Å². The summed E-state index contributed by atoms with van der Waals surface area (Å²) in [5.74, 6) is 0.216. The zero-order valence-corrected chi connectivity index (χ0v) is 14.3. The molecule has 1 aliphatic heterocycles. The predicted molar refractivity (Wildman–Crippen MR) is 93.5 cm³/mol. The molecule has 24 heavy (non-hydrogen) atoms. The molecule has 0 saturated carbocycles. The highest BCUT2D eigenvalue weighted by atomic mass is 35.5. The van der Waals surface area contributed by atoms with Crippen LogP contribution in [-0.2, 0) is 19.8 Å². The number of carbonyl (C=O) groups is 1. The van der Waals surface area contributed by atoms with Crippen molar-refractivity contribution in [3.63, 3.8) is 0 Å². The van der Waals surface area contributed by atoms with E-state index in [0.717, 1.165) is 16.7 Å². The van der Waals surface area contributed by atoms with Gasteiger partial charge in [-0.05, 0) is 36.2 Å². The average molecular weight is 344 g/mol. The summed E-state index contributed by atoms with van der Waals surface area (Å²) in [5.41, 5.74) is 1.84. The molecule has 1 heterocycles. The Labute approximate surface area is 146 Å². The number of hydrogen-bond acceptors (Lipinski definition) is 4. The Morgan fingerprint density at radius 2 is 1.88 bits per heavy atom. The lowest BCUT2D eigenvalue weighted by atomic mass is 9.80. The van der Waals surface area contributed by atoms with E-state index in [-0.39, 0.29) is 12.4 Å². The third-order valence-corrected chi connectivity index (χ3v) is 4.38. The second-order valence-electron chi connectivity index (χ2n) is 5.52. The average Bonchev–Trinajstić information content (AvgIpc) is 2.91. The zero-order valence-electron chi connectivity index (χ0n) is 13.6. The molecule has 0 radical (unpaired) electrons. The van der Waals surface area contributed by atoms with E-state index in [1.807, 2.05) is 43.3 Å². The number of aliphatic imine (C=N–C) groups is 1. The number of esters is 1. The van der Waals surface area contributed by atoms with Crippen molar-refractivity contribution < 1.29 is 14.3 Å². The number of benzene rings is 2. The second-order valence-corrected chi connectivity index (χ2v) is 5.95. The molecule has 1 unspecified atom stereocenters. The summed E-state index contributed by atoms with van der Waals surface area (Å²) in [6.07, 6.45) is 0.0960. The van der Waals surface area contributed by atoms with Crippen molar-refractivity contribution in [3.8, 4) is 0 Å². The molecular weight excluding hydrogens is 326 g/mol. The highest BCUT2D eigenvalue weighted by molar-refractivity contribution is 6.30. The van der Waals surface area contributed by atoms with Gasteiger partial charge in [0.05, 0.1) is 20.1 Å². The summed E-state index contributed by atoms with van der Waals surface area (Å²) >= 11 is 6.02. The molecule has 124 valence electrons. The van der Waals surface area contributed by atoms with Crippen LogP contribution in [0.1, 0.15) is 30.0 Å². The van der Waals surface area contributed by atoms with Crippen LogP contribution in [0.5, 0.6) is 0 Å². The van der Waals surface area contributed by atoms with Gasteiger partial charge in [-0.15, -0.1) is 0 Å². The summed E-state index contributed by atoms with van der Waals surface area (Å²) in [7, 11) is 1.38. The van der Waals surface area contributed by atoms with Gasteiger partial charge in [-0.3, -0.25) is 4.79 Å². The molecule has 3 rings (SSSR count). The van der Waals surface area contributed by atoms with E-state index in [4.69, 9.17) is 26.1 Å². The van der Waals surface area contributed by atoms with Gasteiger partial charge in [0.15, 0.2) is 0 Å². The van der Waals surface area contributed by atoms with Crippen molar-refractivity contribution in [2.24, 2.45) is 4.99 Å². The minimum absolute atomic E-state index is 0.0960. The van der Waals surface area contributed by atoms with Gasteiger partial charge < -0.3 is 9.47 Å². The molecular formula is C19H18ClNO3. The zero-order chi connectivity index (χ0) is 17.2. The van der Waals surface area contributed by atoms with Crippen LogP contribution in [-0.4, -0.2) is 25.6 Å². The van der Waals surface area contributed by atoms with Crippen molar-refractivity contribution in [2.45, 2.75) is 18.9 Å². The topological polar surface area (TPSA) is 47.9 Å². The number of rotatable bonds is 4. The Morgan fingerprint density at radius 1 is 1.17 bits per heavy atom. The van der Waals surface area contributed by atoms with Crippen LogP contribution in [0.25, 0.3) is 0 Å². The molecule has 0 fully saturated rings. The first kappa shape index (κ1) is 16.5. The normalized spacial score (nSPS) is 18.7. The standard InChI is InChI=1S/C19H18ClNO3/c1-3-24-18-15-6-4-5-7-16(15)19(21-18,12-17(22)23-2)13-8-10-14(20)11-9-13/h4-11H,3,12H2,1-2H3. The minimum Gasteiger partial charge on any atom is -0.478 e. The summed E-state index contributed by atoms with van der Waals surface area (Å²) in [6, 6.07) is 15.2. The first-order chi connectivity index (χ1) is 11.6. The molecule has 4 nitrogen and oxygen atoms in total. The number of hydrogen-bond donors (Lipinski definition) is 0. The fraction of sp³-hybridized carbons (Fsp3) is 0.263. The van der Waals surface area contributed by atoms with Gasteiger partial charge in [0.1, 0.15) is 5.54 Å². The maximum Gasteiger partial charge on any atom is 0.308 e. The third-order valence-electron chi connectivity index (χ3n) is 4.13. The third kappa shape index (κ3) is 2.78. The van der Waals surface area contributed by atoms with Crippen molar-refractivity contribution in [1.82, 2.24) is 0 Å². The molecule has 0 bridgehead atoms. The monoisotopic (exact) mass is 343 g/mol. The van der Waals surface area contributed by atoms with Crippen molar-refractivity contribution in [2.75, 3.05) is 13.7 Å². The predicted octanol–water partition coefficient (Wildman–Crippen LogP) is 3.94. The van der Waals surface area contributed by atoms with Crippen molar-refractivity contribution in [1.29, 1.82) is 0 Å². The van der Waals surface area contributed by atoms with Gasteiger partial charge in [0, 0.05) is 10.6 Å². The molecule has 1 atom stereocenters. The Kier molecular flexibility index (Phi) is 4.58. The van der Waals surface area contributed by atoms with Crippen LogP contribution in [0.2, 0.25) is 5.02 Å². The first-order valence-electron chi connectivity index (χ1n) is 7.76. The van der Waals surface area contributed by atoms with Crippen LogP contribution in [0.4, 0.5) is 0 Å². The van der Waals surface area contributed by atoms with E-state index in [0.29, 0.717) is 17.5 Å². The molecule has 5 heteroatoms. The number of nitrogens with zero attached hydrogens (tertiary/aromatic N) is 1. The van der Waals surface area contributed by atoms with Gasteiger partial charge >= 0.3 is 5.97 Å². The summed E-state index contributed by atoms with van der Waals surface area (Å²) in [5, 5.41) is 0.632. The van der Waals surface area contributed by atoms with Crippen LogP contribution < -0.4 is 0 Å². The van der Waals surface area contributed by atoms with Crippen LogP contribution in [0.15, 0.2) is 53.5 Å². The van der Waals surface area contributed by atoms with E-state index in [2.05, 4.69) is 0 Å². The van der Waals surface area contributed by atoms with E-state index in [1.165, 1.54) is 7.11 Å². The number of methoxy groups -OCH3 is 1. The quantitative estimate of drug-likeness (QED) is 0.790. The van der Waals surface area contributed by atoms with Crippen molar-refractivity contribution >= 4 is 23.5 Å². The number of fused-ring (bicyclic) bond motifs is 1. The highest BCUT2D eigenvalue weighted by Crippen LogP contribution is 2.44. The van der Waals surface area contributed by atoms with Gasteiger partial charge in [-0.2, -0.15) is 0 Å². The van der Waals surface area contributed by atoms with Crippen LogP contribution in [0.3, 0.4) is 0 Å². The molecule has 0 saturated heterocycles. The number of ether oxygens (including phenoxy) is 2. The lowest BCUT2D eigenvalue weighted by Crippen LogP contribution is -2.27. The number of halogens is 1. The van der Waals surface area contributed by atoms with E-state index in [1.54, 1.807) is 12.1 Å². The Balaban J connectivity index is 2.21. The molecule has 2 aromatic carbocycles. The molecule has 2 aromatic rings. The first-order valence-corrected chi connectivity index (χ1v) is 8.14. The molecule has 1 aliphatic rings. The SMILES string of the molecule is CCOC1=NC(CC(=O)OC)(c2ccc(Cl)cc2)c2ccccc21. The summed E-state index contributed by atoms with van der Waals surface area (Å²) in [4.78, 5) is 16.9. The van der Waals surface area contributed by atoms with Gasteiger partial charge in [0.2, 0.25) is 5.90 Å². The van der Waals surface area contributed by atoms with Crippen LogP contribution >= 0.6 is 11.6 Å². The van der Waals surface area contributed by atoms with Gasteiger partial charge in [0.25, 0.3) is 0 Å². The Bertz CT molecular complexity index is 785. The second kappa shape index (κ2) is 6.65. The molecule has 0 amide bonds. The molecule has 0 spiro atoms. The van der Waals surface area contributed by atoms with E-state index < -0.39 is 5.54 Å². The number of carbonyl (C=O) groups excluding carboxylic acids is 1. The van der Waals surface area contributed by atoms with Gasteiger partial charge in [-0.1, -0.05) is 41.9 Å². The summed E-state index contributed by atoms with van der Waals surface area (Å²) in [6.45, 7) is 2.41.